The van der Waals surface area contributed by atoms with Gasteiger partial charge >= 0.3 is 0 Å². The first kappa shape index (κ1) is 13.3. The van der Waals surface area contributed by atoms with Crippen LogP contribution in [-0.2, 0) is 9.47 Å². The smallest absolute Gasteiger partial charge is 0.0690 e. The molecule has 0 aromatic carbocycles. The maximum absolute atomic E-state index is 6.63. The Bertz CT molecular complexity index is 270. The molecule has 1 aliphatic heterocycles. The summed E-state index contributed by atoms with van der Waals surface area (Å²) < 4.78 is 10.9. The van der Waals surface area contributed by atoms with Gasteiger partial charge in [-0.1, -0.05) is 13.8 Å². The van der Waals surface area contributed by atoms with Crippen molar-refractivity contribution in [1.29, 1.82) is 0 Å². The molecule has 1 saturated carbocycles. The van der Waals surface area contributed by atoms with Crippen molar-refractivity contribution in [3.8, 4) is 0 Å². The SMILES string of the molecule is COCCNCC1(N)C2CCCOC2C1(C)C. The van der Waals surface area contributed by atoms with E-state index in [-0.39, 0.29) is 11.0 Å². The predicted octanol–water partition coefficient (Wildman–Crippen LogP) is 0.755. The Labute approximate surface area is 104 Å². The summed E-state index contributed by atoms with van der Waals surface area (Å²) in [5, 5.41) is 3.41. The van der Waals surface area contributed by atoms with Crippen molar-refractivity contribution >= 4 is 0 Å². The summed E-state index contributed by atoms with van der Waals surface area (Å²) in [6.45, 7) is 7.82. The van der Waals surface area contributed by atoms with Crippen LogP contribution >= 0.6 is 0 Å². The number of ether oxygens (including phenoxy) is 2. The van der Waals surface area contributed by atoms with E-state index in [0.29, 0.717) is 12.0 Å². The van der Waals surface area contributed by atoms with Crippen LogP contribution in [0.15, 0.2) is 0 Å². The van der Waals surface area contributed by atoms with Gasteiger partial charge in [0.2, 0.25) is 0 Å². The van der Waals surface area contributed by atoms with Crippen LogP contribution in [0.4, 0.5) is 0 Å². The molecule has 3 N–H and O–H groups in total. The summed E-state index contributed by atoms with van der Waals surface area (Å²) in [4.78, 5) is 0. The van der Waals surface area contributed by atoms with Crippen molar-refractivity contribution in [2.45, 2.75) is 38.3 Å². The molecular weight excluding hydrogens is 216 g/mol. The van der Waals surface area contributed by atoms with Crippen molar-refractivity contribution in [2.75, 3.05) is 33.4 Å². The molecule has 100 valence electrons. The molecule has 2 fully saturated rings. The van der Waals surface area contributed by atoms with E-state index >= 15 is 0 Å². The lowest BCUT2D eigenvalue weighted by molar-refractivity contribution is -0.225. The van der Waals surface area contributed by atoms with E-state index in [9.17, 15) is 0 Å². The Morgan fingerprint density at radius 1 is 1.47 bits per heavy atom. The normalized spacial score (nSPS) is 39.5. The first-order valence-electron chi connectivity index (χ1n) is 6.64. The van der Waals surface area contributed by atoms with E-state index in [0.717, 1.165) is 32.7 Å². The van der Waals surface area contributed by atoms with Crippen molar-refractivity contribution in [3.05, 3.63) is 0 Å². The zero-order valence-corrected chi connectivity index (χ0v) is 11.3. The summed E-state index contributed by atoms with van der Waals surface area (Å²) >= 11 is 0. The van der Waals surface area contributed by atoms with Crippen LogP contribution in [-0.4, -0.2) is 45.1 Å². The Kier molecular flexibility index (Phi) is 3.78. The topological polar surface area (TPSA) is 56.5 Å². The van der Waals surface area contributed by atoms with Crippen molar-refractivity contribution < 1.29 is 9.47 Å². The van der Waals surface area contributed by atoms with Gasteiger partial charge in [0.1, 0.15) is 0 Å². The number of hydrogen-bond donors (Lipinski definition) is 2. The highest BCUT2D eigenvalue weighted by molar-refractivity contribution is 5.20. The first-order valence-corrected chi connectivity index (χ1v) is 6.64. The minimum atomic E-state index is -0.133. The number of nitrogens with two attached hydrogens (primary N) is 1. The van der Waals surface area contributed by atoms with E-state index in [1.165, 1.54) is 6.42 Å². The second-order valence-corrected chi connectivity index (χ2v) is 5.97. The first-order chi connectivity index (χ1) is 8.04. The van der Waals surface area contributed by atoms with E-state index in [4.69, 9.17) is 15.2 Å². The lowest BCUT2D eigenvalue weighted by Gasteiger charge is -2.66. The minimum Gasteiger partial charge on any atom is -0.383 e. The quantitative estimate of drug-likeness (QED) is 0.699. The zero-order valence-electron chi connectivity index (χ0n) is 11.3. The monoisotopic (exact) mass is 242 g/mol. The van der Waals surface area contributed by atoms with Gasteiger partial charge in [0.05, 0.1) is 12.7 Å². The highest BCUT2D eigenvalue weighted by Crippen LogP contribution is 2.56. The van der Waals surface area contributed by atoms with E-state index < -0.39 is 0 Å². The largest absolute Gasteiger partial charge is 0.383 e. The molecule has 0 radical (unpaired) electrons. The highest BCUT2D eigenvalue weighted by Gasteiger charge is 2.65. The Balaban J connectivity index is 1.93. The number of rotatable bonds is 5. The van der Waals surface area contributed by atoms with Crippen molar-refractivity contribution in [1.82, 2.24) is 5.32 Å². The molecule has 0 amide bonds. The lowest BCUT2D eigenvalue weighted by atomic mass is 9.46. The molecule has 0 aromatic heterocycles. The van der Waals surface area contributed by atoms with Crippen LogP contribution in [0.5, 0.6) is 0 Å². The summed E-state index contributed by atoms with van der Waals surface area (Å²) in [7, 11) is 1.72. The van der Waals surface area contributed by atoms with Crippen LogP contribution in [0, 0.1) is 11.3 Å². The Morgan fingerprint density at radius 2 is 2.24 bits per heavy atom. The van der Waals surface area contributed by atoms with Gasteiger partial charge in [-0.25, -0.2) is 0 Å². The van der Waals surface area contributed by atoms with Gasteiger partial charge in [0.15, 0.2) is 0 Å². The third-order valence-electron chi connectivity index (χ3n) is 4.80. The van der Waals surface area contributed by atoms with Gasteiger partial charge in [-0.15, -0.1) is 0 Å². The van der Waals surface area contributed by atoms with Gasteiger partial charge in [-0.3, -0.25) is 0 Å². The fourth-order valence-corrected chi connectivity index (χ4v) is 3.49. The molecule has 2 aliphatic rings. The number of fused-ring (bicyclic) bond motifs is 1. The molecule has 17 heavy (non-hydrogen) atoms. The standard InChI is InChI=1S/C13H26N2O2/c1-12(2)11-10(5-4-7-17-11)13(12,14)9-15-6-8-16-3/h10-11,15H,4-9,14H2,1-3H3. The van der Waals surface area contributed by atoms with Crippen LogP contribution in [0.1, 0.15) is 26.7 Å². The highest BCUT2D eigenvalue weighted by atomic mass is 16.5. The van der Waals surface area contributed by atoms with E-state index in [2.05, 4.69) is 19.2 Å². The summed E-state index contributed by atoms with van der Waals surface area (Å²) in [6, 6.07) is 0. The molecule has 4 heteroatoms. The Hall–Kier alpha value is -0.160. The average Bonchev–Trinajstić information content (AvgIpc) is 2.34. The van der Waals surface area contributed by atoms with E-state index in [1.54, 1.807) is 7.11 Å². The third kappa shape index (κ3) is 2.01. The molecule has 2 rings (SSSR count). The molecule has 3 atom stereocenters. The number of nitrogens with one attached hydrogen (secondary N) is 1. The molecule has 3 unspecified atom stereocenters. The average molecular weight is 242 g/mol. The maximum atomic E-state index is 6.63. The van der Waals surface area contributed by atoms with E-state index in [1.807, 2.05) is 0 Å². The van der Waals surface area contributed by atoms with Crippen molar-refractivity contribution in [3.63, 3.8) is 0 Å². The van der Waals surface area contributed by atoms with Crippen LogP contribution in [0.2, 0.25) is 0 Å². The molecule has 1 aliphatic carbocycles. The fourth-order valence-electron chi connectivity index (χ4n) is 3.49. The van der Waals surface area contributed by atoms with Gasteiger partial charge in [-0.2, -0.15) is 0 Å². The summed E-state index contributed by atoms with van der Waals surface area (Å²) in [6.07, 6.45) is 2.70. The van der Waals surface area contributed by atoms with Gasteiger partial charge < -0.3 is 20.5 Å². The maximum Gasteiger partial charge on any atom is 0.0690 e. The molecule has 0 aromatic rings. The van der Waals surface area contributed by atoms with Gasteiger partial charge in [0.25, 0.3) is 0 Å². The van der Waals surface area contributed by atoms with Gasteiger partial charge in [-0.05, 0) is 12.8 Å². The number of methoxy groups -OCH3 is 1. The molecule has 0 spiro atoms. The predicted molar refractivity (Wildman–Crippen MR) is 67.9 cm³/mol. The summed E-state index contributed by atoms with van der Waals surface area (Å²) in [5.41, 5.74) is 6.57. The van der Waals surface area contributed by atoms with Crippen LogP contribution in [0.3, 0.4) is 0 Å². The molecule has 0 bridgehead atoms. The Morgan fingerprint density at radius 3 is 2.94 bits per heavy atom. The van der Waals surface area contributed by atoms with Crippen molar-refractivity contribution in [2.24, 2.45) is 17.1 Å². The fraction of sp³-hybridized carbons (Fsp3) is 1.00. The van der Waals surface area contributed by atoms with Crippen LogP contribution < -0.4 is 11.1 Å². The molecular formula is C13H26N2O2. The molecule has 1 saturated heterocycles. The number of hydrogen-bond acceptors (Lipinski definition) is 4. The summed E-state index contributed by atoms with van der Waals surface area (Å²) in [5.74, 6) is 0.515. The molecule has 4 nitrogen and oxygen atoms in total. The second kappa shape index (κ2) is 4.84. The third-order valence-corrected chi connectivity index (χ3v) is 4.80. The van der Waals surface area contributed by atoms with Crippen LogP contribution in [0.25, 0.3) is 0 Å². The minimum absolute atomic E-state index is 0.0676. The van der Waals surface area contributed by atoms with Gasteiger partial charge in [0, 0.05) is 43.7 Å². The second-order valence-electron chi connectivity index (χ2n) is 5.97. The lowest BCUT2D eigenvalue weighted by Crippen LogP contribution is -2.80. The zero-order chi connectivity index (χ0) is 12.5. The molecule has 1 heterocycles.